The Kier molecular flexibility index (Phi) is 6.02. The van der Waals surface area contributed by atoms with Crippen LogP contribution >= 0.6 is 0 Å². The van der Waals surface area contributed by atoms with Crippen molar-refractivity contribution < 1.29 is 14.4 Å². The third-order valence-corrected chi connectivity index (χ3v) is 5.71. The standard InChI is InChI=1S/C22H25N5O3/c28-20-12-17(15-27(20)14-16-4-2-1-3-5-16)21(29)25-18-6-10-26(11-7-18)22(30)19-13-23-8-9-24-19/h1-5,8-9,13,17-18H,6-7,10-12,14-15H2,(H,25,29). The summed E-state index contributed by atoms with van der Waals surface area (Å²) in [5, 5.41) is 3.08. The Bertz CT molecular complexity index is 898. The molecule has 2 fully saturated rings. The lowest BCUT2D eigenvalue weighted by Gasteiger charge is -2.32. The lowest BCUT2D eigenvalue weighted by atomic mass is 10.0. The molecule has 3 heterocycles. The summed E-state index contributed by atoms with van der Waals surface area (Å²) in [4.78, 5) is 49.0. The third kappa shape index (κ3) is 4.64. The topological polar surface area (TPSA) is 95.5 Å². The van der Waals surface area contributed by atoms with E-state index in [9.17, 15) is 14.4 Å². The summed E-state index contributed by atoms with van der Waals surface area (Å²) in [7, 11) is 0. The third-order valence-electron chi connectivity index (χ3n) is 5.71. The van der Waals surface area contributed by atoms with E-state index in [1.165, 1.54) is 18.6 Å². The van der Waals surface area contributed by atoms with Crippen LogP contribution in [0, 0.1) is 5.92 Å². The van der Waals surface area contributed by atoms with Crippen LogP contribution in [-0.2, 0) is 16.1 Å². The first-order valence-corrected chi connectivity index (χ1v) is 10.3. The number of amides is 3. The minimum absolute atomic E-state index is 0.0154. The molecule has 156 valence electrons. The van der Waals surface area contributed by atoms with E-state index < -0.39 is 0 Å². The Morgan fingerprint density at radius 3 is 2.57 bits per heavy atom. The summed E-state index contributed by atoms with van der Waals surface area (Å²) in [5.41, 5.74) is 1.40. The van der Waals surface area contributed by atoms with Gasteiger partial charge in [0.2, 0.25) is 11.8 Å². The van der Waals surface area contributed by atoms with Gasteiger partial charge in [0.25, 0.3) is 5.91 Å². The Labute approximate surface area is 175 Å². The van der Waals surface area contributed by atoms with E-state index >= 15 is 0 Å². The van der Waals surface area contributed by atoms with Gasteiger partial charge in [-0.05, 0) is 18.4 Å². The van der Waals surface area contributed by atoms with Gasteiger partial charge < -0.3 is 15.1 Å². The van der Waals surface area contributed by atoms with Crippen molar-refractivity contribution in [2.24, 2.45) is 5.92 Å². The van der Waals surface area contributed by atoms with E-state index in [1.807, 2.05) is 30.3 Å². The van der Waals surface area contributed by atoms with E-state index in [2.05, 4.69) is 15.3 Å². The number of nitrogens with zero attached hydrogens (tertiary/aromatic N) is 4. The smallest absolute Gasteiger partial charge is 0.274 e. The predicted molar refractivity (Wildman–Crippen MR) is 109 cm³/mol. The molecule has 2 aromatic rings. The van der Waals surface area contributed by atoms with Gasteiger partial charge in [0.1, 0.15) is 5.69 Å². The van der Waals surface area contributed by atoms with E-state index in [0.29, 0.717) is 44.7 Å². The zero-order chi connectivity index (χ0) is 20.9. The van der Waals surface area contributed by atoms with Crippen LogP contribution < -0.4 is 5.32 Å². The van der Waals surface area contributed by atoms with Gasteiger partial charge >= 0.3 is 0 Å². The molecule has 2 saturated heterocycles. The molecule has 0 spiro atoms. The number of piperidine rings is 1. The zero-order valence-electron chi connectivity index (χ0n) is 16.7. The van der Waals surface area contributed by atoms with Crippen LogP contribution in [0.3, 0.4) is 0 Å². The van der Waals surface area contributed by atoms with Crippen molar-refractivity contribution in [3.8, 4) is 0 Å². The molecule has 0 aliphatic carbocycles. The molecule has 2 aliphatic heterocycles. The summed E-state index contributed by atoms with van der Waals surface area (Å²) in [6.07, 6.45) is 6.13. The number of rotatable bonds is 5. The highest BCUT2D eigenvalue weighted by atomic mass is 16.2. The van der Waals surface area contributed by atoms with Gasteiger partial charge in [-0.25, -0.2) is 4.98 Å². The average Bonchev–Trinajstić information content (AvgIpc) is 3.15. The molecule has 1 atom stereocenters. The Morgan fingerprint density at radius 1 is 1.10 bits per heavy atom. The molecule has 30 heavy (non-hydrogen) atoms. The second-order valence-corrected chi connectivity index (χ2v) is 7.83. The fourth-order valence-corrected chi connectivity index (χ4v) is 4.02. The quantitative estimate of drug-likeness (QED) is 0.805. The predicted octanol–water partition coefficient (Wildman–Crippen LogP) is 1.25. The maximum Gasteiger partial charge on any atom is 0.274 e. The maximum atomic E-state index is 12.7. The number of carbonyl (C=O) groups is 3. The largest absolute Gasteiger partial charge is 0.353 e. The molecule has 8 nitrogen and oxygen atoms in total. The van der Waals surface area contributed by atoms with Crippen LogP contribution in [0.4, 0.5) is 0 Å². The SMILES string of the molecule is O=C(NC1CCN(C(=O)c2cnccn2)CC1)C1CC(=O)N(Cc2ccccc2)C1. The Hall–Kier alpha value is -3.29. The van der Waals surface area contributed by atoms with Crippen molar-refractivity contribution in [2.45, 2.75) is 31.8 Å². The van der Waals surface area contributed by atoms with Gasteiger partial charge in [-0.3, -0.25) is 19.4 Å². The molecular formula is C22H25N5O3. The number of carbonyl (C=O) groups excluding carboxylic acids is 3. The first-order chi connectivity index (χ1) is 14.6. The first-order valence-electron chi connectivity index (χ1n) is 10.3. The van der Waals surface area contributed by atoms with Crippen molar-refractivity contribution in [1.29, 1.82) is 0 Å². The summed E-state index contributed by atoms with van der Waals surface area (Å²) in [6.45, 7) is 2.10. The zero-order valence-corrected chi connectivity index (χ0v) is 16.7. The van der Waals surface area contributed by atoms with Gasteiger partial charge in [0.15, 0.2) is 0 Å². The number of likely N-dealkylation sites (tertiary alicyclic amines) is 2. The molecule has 1 N–H and O–H groups in total. The average molecular weight is 407 g/mol. The van der Waals surface area contributed by atoms with Crippen molar-refractivity contribution in [3.63, 3.8) is 0 Å². The fraction of sp³-hybridized carbons (Fsp3) is 0.409. The van der Waals surface area contributed by atoms with Crippen molar-refractivity contribution in [1.82, 2.24) is 25.1 Å². The number of hydrogen-bond donors (Lipinski definition) is 1. The number of aromatic nitrogens is 2. The van der Waals surface area contributed by atoms with Crippen LogP contribution in [0.5, 0.6) is 0 Å². The number of benzene rings is 1. The molecule has 4 rings (SSSR count). The van der Waals surface area contributed by atoms with Gasteiger partial charge in [-0.2, -0.15) is 0 Å². The second kappa shape index (κ2) is 9.02. The number of nitrogens with one attached hydrogen (secondary N) is 1. The molecule has 1 aromatic heterocycles. The minimum Gasteiger partial charge on any atom is -0.353 e. The first kappa shape index (κ1) is 20.0. The van der Waals surface area contributed by atoms with Crippen LogP contribution in [-0.4, -0.2) is 63.2 Å². The van der Waals surface area contributed by atoms with E-state index in [1.54, 1.807) is 9.80 Å². The lowest BCUT2D eigenvalue weighted by molar-refractivity contribution is -0.129. The van der Waals surface area contributed by atoms with Gasteiger partial charge in [0, 0.05) is 51.0 Å². The molecule has 1 aromatic carbocycles. The van der Waals surface area contributed by atoms with E-state index in [4.69, 9.17) is 0 Å². The Morgan fingerprint density at radius 2 is 1.87 bits per heavy atom. The molecule has 0 saturated carbocycles. The fourth-order valence-electron chi connectivity index (χ4n) is 4.02. The van der Waals surface area contributed by atoms with Crippen molar-refractivity contribution >= 4 is 17.7 Å². The van der Waals surface area contributed by atoms with Gasteiger partial charge in [-0.1, -0.05) is 30.3 Å². The van der Waals surface area contributed by atoms with Gasteiger partial charge in [-0.15, -0.1) is 0 Å². The van der Waals surface area contributed by atoms with E-state index in [0.717, 1.165) is 5.56 Å². The lowest BCUT2D eigenvalue weighted by Crippen LogP contribution is -2.48. The Balaban J connectivity index is 1.25. The molecule has 2 aliphatic rings. The van der Waals surface area contributed by atoms with Crippen LogP contribution in [0.25, 0.3) is 0 Å². The van der Waals surface area contributed by atoms with Crippen LogP contribution in [0.15, 0.2) is 48.9 Å². The highest BCUT2D eigenvalue weighted by Crippen LogP contribution is 2.21. The van der Waals surface area contributed by atoms with Crippen molar-refractivity contribution in [3.05, 3.63) is 60.2 Å². The normalized spacial score (nSPS) is 19.7. The molecular weight excluding hydrogens is 382 g/mol. The summed E-state index contributed by atoms with van der Waals surface area (Å²) >= 11 is 0. The highest BCUT2D eigenvalue weighted by molar-refractivity contribution is 5.92. The summed E-state index contributed by atoms with van der Waals surface area (Å²) in [5.74, 6) is -0.507. The molecule has 8 heteroatoms. The highest BCUT2D eigenvalue weighted by Gasteiger charge is 2.35. The molecule has 3 amide bonds. The van der Waals surface area contributed by atoms with Crippen molar-refractivity contribution in [2.75, 3.05) is 19.6 Å². The summed E-state index contributed by atoms with van der Waals surface area (Å²) in [6, 6.07) is 9.82. The maximum absolute atomic E-state index is 12.7. The van der Waals surface area contributed by atoms with E-state index in [-0.39, 0.29) is 36.1 Å². The molecule has 0 bridgehead atoms. The summed E-state index contributed by atoms with van der Waals surface area (Å²) < 4.78 is 0. The second-order valence-electron chi connectivity index (χ2n) is 7.83. The monoisotopic (exact) mass is 407 g/mol. The molecule has 1 unspecified atom stereocenters. The van der Waals surface area contributed by atoms with Gasteiger partial charge in [0.05, 0.1) is 12.1 Å². The number of hydrogen-bond acceptors (Lipinski definition) is 5. The van der Waals surface area contributed by atoms with Crippen LogP contribution in [0.1, 0.15) is 35.3 Å². The molecule has 0 radical (unpaired) electrons. The minimum atomic E-state index is -0.319. The van der Waals surface area contributed by atoms with Crippen LogP contribution in [0.2, 0.25) is 0 Å².